The summed E-state index contributed by atoms with van der Waals surface area (Å²) < 4.78 is 0. The monoisotopic (exact) mass is 357 g/mol. The largest absolute Gasteiger partial charge is 0.355 e. The zero-order chi connectivity index (χ0) is 17.4. The summed E-state index contributed by atoms with van der Waals surface area (Å²) in [6.07, 6.45) is 3.59. The first kappa shape index (κ1) is 16.4. The van der Waals surface area contributed by atoms with Crippen molar-refractivity contribution in [2.75, 3.05) is 18.0 Å². The second-order valence-electron chi connectivity index (χ2n) is 7.08. The maximum Gasteiger partial charge on any atom is 0.223 e. The van der Waals surface area contributed by atoms with Crippen LogP contribution in [0.3, 0.4) is 0 Å². The average molecular weight is 357 g/mol. The molecule has 0 aromatic carbocycles. The molecule has 2 aliphatic rings. The van der Waals surface area contributed by atoms with Crippen molar-refractivity contribution in [2.45, 2.75) is 51.6 Å². The number of aryl methyl sites for hydroxylation is 2. The molecule has 2 aromatic rings. The minimum absolute atomic E-state index is 0.0107. The first-order valence-electron chi connectivity index (χ1n) is 8.83. The standard InChI is InChI=1S/C18H23N5OS/c1-13-3-4-16(21-20-13)22-9-7-18(8-10-22)6-5-17(24)23(18)11-15-12-25-14(2)19-15/h3-4,12H,5-11H2,1-2H3. The van der Waals surface area contributed by atoms with Crippen LogP contribution in [0.1, 0.15) is 42.1 Å². The predicted octanol–water partition coefficient (Wildman–Crippen LogP) is 2.71. The molecule has 1 amide bonds. The summed E-state index contributed by atoms with van der Waals surface area (Å²) in [5.41, 5.74) is 1.94. The SMILES string of the molecule is Cc1ccc(N2CCC3(CCC(=O)N3Cc3csc(C)n3)CC2)nn1. The van der Waals surface area contributed by atoms with Crippen molar-refractivity contribution in [3.8, 4) is 0 Å². The molecule has 7 heteroatoms. The zero-order valence-corrected chi connectivity index (χ0v) is 15.6. The number of likely N-dealkylation sites (tertiary alicyclic amines) is 1. The predicted molar refractivity (Wildman–Crippen MR) is 97.6 cm³/mol. The second-order valence-corrected chi connectivity index (χ2v) is 8.14. The highest BCUT2D eigenvalue weighted by atomic mass is 32.1. The Labute approximate surface area is 151 Å². The number of anilines is 1. The summed E-state index contributed by atoms with van der Waals surface area (Å²) in [6.45, 7) is 6.43. The number of carbonyl (C=O) groups excluding carboxylic acids is 1. The van der Waals surface area contributed by atoms with Gasteiger partial charge in [0, 0.05) is 30.4 Å². The fourth-order valence-electron chi connectivity index (χ4n) is 4.01. The van der Waals surface area contributed by atoms with Crippen LogP contribution in [0.4, 0.5) is 5.82 Å². The second kappa shape index (κ2) is 6.37. The molecule has 6 nitrogen and oxygen atoms in total. The Morgan fingerprint density at radius 3 is 2.60 bits per heavy atom. The van der Waals surface area contributed by atoms with Crippen molar-refractivity contribution in [1.29, 1.82) is 0 Å². The molecule has 4 heterocycles. The van der Waals surface area contributed by atoms with Crippen LogP contribution in [0.2, 0.25) is 0 Å². The van der Waals surface area contributed by atoms with E-state index in [1.54, 1.807) is 11.3 Å². The number of thiazole rings is 1. The first-order chi connectivity index (χ1) is 12.1. The van der Waals surface area contributed by atoms with Gasteiger partial charge < -0.3 is 9.80 Å². The normalized spacial score (nSPS) is 19.8. The van der Waals surface area contributed by atoms with E-state index >= 15 is 0 Å². The molecule has 0 atom stereocenters. The maximum atomic E-state index is 12.5. The molecular weight excluding hydrogens is 334 g/mol. The molecule has 2 saturated heterocycles. The molecule has 1 spiro atoms. The van der Waals surface area contributed by atoms with Gasteiger partial charge in [-0.25, -0.2) is 4.98 Å². The topological polar surface area (TPSA) is 62.2 Å². The Hall–Kier alpha value is -2.02. The van der Waals surface area contributed by atoms with Crippen molar-refractivity contribution in [3.63, 3.8) is 0 Å². The Morgan fingerprint density at radius 1 is 1.16 bits per heavy atom. The number of aromatic nitrogens is 3. The van der Waals surface area contributed by atoms with Crippen molar-refractivity contribution in [1.82, 2.24) is 20.1 Å². The molecule has 0 N–H and O–H groups in total. The third kappa shape index (κ3) is 3.13. The molecule has 132 valence electrons. The van der Waals surface area contributed by atoms with Crippen molar-refractivity contribution < 1.29 is 4.79 Å². The quantitative estimate of drug-likeness (QED) is 0.845. The van der Waals surface area contributed by atoms with Gasteiger partial charge >= 0.3 is 0 Å². The van der Waals surface area contributed by atoms with Crippen molar-refractivity contribution >= 4 is 23.1 Å². The molecule has 2 fully saturated rings. The van der Waals surface area contributed by atoms with Crippen molar-refractivity contribution in [3.05, 3.63) is 33.9 Å². The summed E-state index contributed by atoms with van der Waals surface area (Å²) in [6, 6.07) is 4.04. The first-order valence-corrected chi connectivity index (χ1v) is 9.70. The number of carbonyl (C=O) groups is 1. The molecule has 2 aliphatic heterocycles. The van der Waals surface area contributed by atoms with E-state index < -0.39 is 0 Å². The van der Waals surface area contributed by atoms with E-state index in [0.717, 1.165) is 54.6 Å². The van der Waals surface area contributed by atoms with Crippen LogP contribution >= 0.6 is 11.3 Å². The molecule has 4 rings (SSSR count). The van der Waals surface area contributed by atoms with Crippen LogP contribution in [0.15, 0.2) is 17.5 Å². The van der Waals surface area contributed by atoms with Gasteiger partial charge in [-0.05, 0) is 45.2 Å². The molecule has 0 radical (unpaired) electrons. The summed E-state index contributed by atoms with van der Waals surface area (Å²) in [5, 5.41) is 11.6. The number of amides is 1. The van der Waals surface area contributed by atoms with Gasteiger partial charge in [0.1, 0.15) is 0 Å². The summed E-state index contributed by atoms with van der Waals surface area (Å²) >= 11 is 1.65. The van der Waals surface area contributed by atoms with Gasteiger partial charge in [0.15, 0.2) is 5.82 Å². The molecule has 0 unspecified atom stereocenters. The fourth-order valence-corrected chi connectivity index (χ4v) is 4.61. The number of nitrogens with zero attached hydrogens (tertiary/aromatic N) is 5. The molecular formula is C18H23N5OS. The van der Waals surface area contributed by atoms with E-state index in [2.05, 4.69) is 30.4 Å². The summed E-state index contributed by atoms with van der Waals surface area (Å²) in [7, 11) is 0. The molecule has 0 saturated carbocycles. The van der Waals surface area contributed by atoms with Gasteiger partial charge in [0.2, 0.25) is 5.91 Å². The minimum atomic E-state index is -0.0107. The molecule has 2 aromatic heterocycles. The number of rotatable bonds is 3. The highest BCUT2D eigenvalue weighted by molar-refractivity contribution is 7.09. The lowest BCUT2D eigenvalue weighted by Crippen LogP contribution is -2.53. The summed E-state index contributed by atoms with van der Waals surface area (Å²) in [4.78, 5) is 21.4. The van der Waals surface area contributed by atoms with Crippen LogP contribution in [0.25, 0.3) is 0 Å². The zero-order valence-electron chi connectivity index (χ0n) is 14.7. The lowest BCUT2D eigenvalue weighted by atomic mass is 9.85. The van der Waals surface area contributed by atoms with Crippen LogP contribution in [0.5, 0.6) is 0 Å². The van der Waals surface area contributed by atoms with E-state index in [4.69, 9.17) is 0 Å². The van der Waals surface area contributed by atoms with Crippen LogP contribution in [-0.4, -0.2) is 44.6 Å². The molecule has 0 aliphatic carbocycles. The third-order valence-corrected chi connectivity index (χ3v) is 6.29. The fraction of sp³-hybridized carbons (Fsp3) is 0.556. The number of hydrogen-bond acceptors (Lipinski definition) is 6. The van der Waals surface area contributed by atoms with E-state index in [1.807, 2.05) is 26.0 Å². The van der Waals surface area contributed by atoms with Gasteiger partial charge in [0.25, 0.3) is 0 Å². The van der Waals surface area contributed by atoms with E-state index in [0.29, 0.717) is 13.0 Å². The van der Waals surface area contributed by atoms with Gasteiger partial charge in [-0.2, -0.15) is 5.10 Å². The van der Waals surface area contributed by atoms with Gasteiger partial charge in [-0.3, -0.25) is 4.79 Å². The Morgan fingerprint density at radius 2 is 1.96 bits per heavy atom. The lowest BCUT2D eigenvalue weighted by Gasteiger charge is -2.45. The minimum Gasteiger partial charge on any atom is -0.355 e. The van der Waals surface area contributed by atoms with Gasteiger partial charge in [-0.1, -0.05) is 0 Å². The average Bonchev–Trinajstić information content (AvgIpc) is 3.16. The van der Waals surface area contributed by atoms with E-state index in [-0.39, 0.29) is 11.4 Å². The van der Waals surface area contributed by atoms with Crippen LogP contribution < -0.4 is 4.90 Å². The highest BCUT2D eigenvalue weighted by Crippen LogP contribution is 2.40. The Balaban J connectivity index is 1.48. The summed E-state index contributed by atoms with van der Waals surface area (Å²) in [5.74, 6) is 1.21. The van der Waals surface area contributed by atoms with Crippen molar-refractivity contribution in [2.24, 2.45) is 0 Å². The lowest BCUT2D eigenvalue weighted by molar-refractivity contribution is -0.132. The Kier molecular flexibility index (Phi) is 4.19. The third-order valence-electron chi connectivity index (χ3n) is 5.47. The highest BCUT2D eigenvalue weighted by Gasteiger charge is 2.47. The number of piperidine rings is 1. The molecule has 25 heavy (non-hydrogen) atoms. The van der Waals surface area contributed by atoms with E-state index in [9.17, 15) is 4.79 Å². The Bertz CT molecular complexity index is 764. The van der Waals surface area contributed by atoms with E-state index in [1.165, 1.54) is 0 Å². The maximum absolute atomic E-state index is 12.5. The van der Waals surface area contributed by atoms with Crippen LogP contribution in [-0.2, 0) is 11.3 Å². The van der Waals surface area contributed by atoms with Crippen LogP contribution in [0, 0.1) is 13.8 Å². The van der Waals surface area contributed by atoms with Gasteiger partial charge in [-0.15, -0.1) is 16.4 Å². The van der Waals surface area contributed by atoms with Gasteiger partial charge in [0.05, 0.1) is 22.9 Å². The molecule has 0 bridgehead atoms. The smallest absolute Gasteiger partial charge is 0.223 e. The number of hydrogen-bond donors (Lipinski definition) is 0.